The molecule has 9 heteroatoms. The molecule has 1 aromatic carbocycles. The first kappa shape index (κ1) is 13.8. The Morgan fingerprint density at radius 2 is 1.95 bits per heavy atom. The molecule has 0 radical (unpaired) electrons. The largest absolute Gasteiger partial charge is 0.480 e. The van der Waals surface area contributed by atoms with Gasteiger partial charge in [-0.25, -0.2) is 13.2 Å². The lowest BCUT2D eigenvalue weighted by molar-refractivity contribution is -0.137. The average Bonchev–Trinajstić information content (AvgIpc) is 3.15. The Bertz CT molecular complexity index is 862. The molecule has 21 heavy (non-hydrogen) atoms. The highest BCUT2D eigenvalue weighted by molar-refractivity contribution is 7.89. The number of aromatic nitrogens is 2. The minimum atomic E-state index is -3.90. The van der Waals surface area contributed by atoms with Gasteiger partial charge in [-0.2, -0.15) is 4.31 Å². The molecule has 3 rings (SSSR count). The van der Waals surface area contributed by atoms with E-state index in [1.54, 1.807) is 0 Å². The third-order valence-electron chi connectivity index (χ3n) is 3.34. The molecular formula is C12H13N3O5S. The van der Waals surface area contributed by atoms with Crippen molar-refractivity contribution in [2.75, 3.05) is 6.54 Å². The number of benzene rings is 1. The van der Waals surface area contributed by atoms with Crippen molar-refractivity contribution >= 4 is 27.0 Å². The fourth-order valence-electron chi connectivity index (χ4n) is 2.21. The number of imidazole rings is 1. The Labute approximate surface area is 119 Å². The molecule has 1 saturated carbocycles. The highest BCUT2D eigenvalue weighted by Gasteiger charge is 2.39. The minimum absolute atomic E-state index is 0.0293. The lowest BCUT2D eigenvalue weighted by Gasteiger charge is -2.19. The van der Waals surface area contributed by atoms with Gasteiger partial charge in [-0.3, -0.25) is 4.79 Å². The summed E-state index contributed by atoms with van der Waals surface area (Å²) in [6, 6.07) is 3.91. The summed E-state index contributed by atoms with van der Waals surface area (Å²) >= 11 is 0. The number of sulfonamides is 1. The predicted octanol–water partition coefficient (Wildman–Crippen LogP) is 0.0939. The molecular weight excluding hydrogens is 298 g/mol. The van der Waals surface area contributed by atoms with Crippen LogP contribution in [-0.4, -0.2) is 46.4 Å². The Morgan fingerprint density at radius 3 is 2.57 bits per heavy atom. The van der Waals surface area contributed by atoms with Gasteiger partial charge >= 0.3 is 11.7 Å². The van der Waals surface area contributed by atoms with E-state index in [1.165, 1.54) is 18.2 Å². The monoisotopic (exact) mass is 311 g/mol. The van der Waals surface area contributed by atoms with Gasteiger partial charge in [0.15, 0.2) is 0 Å². The lowest BCUT2D eigenvalue weighted by Crippen LogP contribution is -2.37. The number of nitrogens with zero attached hydrogens (tertiary/aromatic N) is 1. The second-order valence-electron chi connectivity index (χ2n) is 4.96. The van der Waals surface area contributed by atoms with Crippen molar-refractivity contribution < 1.29 is 18.3 Å². The first-order chi connectivity index (χ1) is 9.88. The fraction of sp³-hybridized carbons (Fsp3) is 0.333. The van der Waals surface area contributed by atoms with Gasteiger partial charge in [0.05, 0.1) is 15.9 Å². The topological polar surface area (TPSA) is 123 Å². The summed E-state index contributed by atoms with van der Waals surface area (Å²) < 4.78 is 26.1. The molecule has 112 valence electrons. The predicted molar refractivity (Wildman–Crippen MR) is 73.5 cm³/mol. The zero-order valence-electron chi connectivity index (χ0n) is 10.9. The molecule has 0 atom stereocenters. The lowest BCUT2D eigenvalue weighted by atomic mass is 10.3. The standard InChI is InChI=1S/C12H13N3O5S/c16-11(17)6-15(7-1-2-7)21(19,20)8-3-4-9-10(5-8)14-12(18)13-9/h3-5,7H,1-2,6H2,(H,16,17)(H2,13,14,18). The van der Waals surface area contributed by atoms with Crippen molar-refractivity contribution in [2.45, 2.75) is 23.8 Å². The molecule has 0 amide bonds. The van der Waals surface area contributed by atoms with Crippen LogP contribution in [0.1, 0.15) is 12.8 Å². The van der Waals surface area contributed by atoms with Gasteiger partial charge in [0.1, 0.15) is 6.54 Å². The van der Waals surface area contributed by atoms with E-state index in [0.717, 1.165) is 4.31 Å². The van der Waals surface area contributed by atoms with Crippen LogP contribution < -0.4 is 5.69 Å². The highest BCUT2D eigenvalue weighted by atomic mass is 32.2. The van der Waals surface area contributed by atoms with E-state index in [9.17, 15) is 18.0 Å². The zero-order valence-corrected chi connectivity index (χ0v) is 11.7. The average molecular weight is 311 g/mol. The number of fused-ring (bicyclic) bond motifs is 1. The Balaban J connectivity index is 2.05. The molecule has 1 heterocycles. The summed E-state index contributed by atoms with van der Waals surface area (Å²) in [4.78, 5) is 27.1. The van der Waals surface area contributed by atoms with Crippen molar-refractivity contribution in [3.63, 3.8) is 0 Å². The molecule has 2 aromatic rings. The van der Waals surface area contributed by atoms with Crippen LogP contribution in [-0.2, 0) is 14.8 Å². The van der Waals surface area contributed by atoms with E-state index >= 15 is 0 Å². The van der Waals surface area contributed by atoms with Crippen LogP contribution in [0.15, 0.2) is 27.9 Å². The van der Waals surface area contributed by atoms with Gasteiger partial charge in [-0.15, -0.1) is 0 Å². The van der Waals surface area contributed by atoms with Gasteiger partial charge in [0.25, 0.3) is 0 Å². The van der Waals surface area contributed by atoms with Crippen LogP contribution in [0.3, 0.4) is 0 Å². The molecule has 1 fully saturated rings. The van der Waals surface area contributed by atoms with Gasteiger partial charge in [0, 0.05) is 6.04 Å². The van der Waals surface area contributed by atoms with Crippen molar-refractivity contribution in [2.24, 2.45) is 0 Å². The van der Waals surface area contributed by atoms with E-state index in [0.29, 0.717) is 23.9 Å². The Morgan fingerprint density at radius 1 is 1.29 bits per heavy atom. The SMILES string of the molecule is O=C(O)CN(C1CC1)S(=O)(=O)c1ccc2[nH]c(=O)[nH]c2c1. The molecule has 8 nitrogen and oxygen atoms in total. The summed E-state index contributed by atoms with van der Waals surface area (Å²) in [5.74, 6) is -1.19. The first-order valence-corrected chi connectivity index (χ1v) is 7.77. The maximum atomic E-state index is 12.6. The second kappa shape index (κ2) is 4.71. The third-order valence-corrected chi connectivity index (χ3v) is 5.23. The van der Waals surface area contributed by atoms with Gasteiger partial charge < -0.3 is 15.1 Å². The minimum Gasteiger partial charge on any atom is -0.480 e. The number of aromatic amines is 2. The summed E-state index contributed by atoms with van der Waals surface area (Å²) in [7, 11) is -3.90. The summed E-state index contributed by atoms with van der Waals surface area (Å²) in [5.41, 5.74) is 0.437. The van der Waals surface area contributed by atoms with E-state index in [-0.39, 0.29) is 10.9 Å². The maximum Gasteiger partial charge on any atom is 0.323 e. The Hall–Kier alpha value is -2.13. The second-order valence-corrected chi connectivity index (χ2v) is 6.85. The van der Waals surface area contributed by atoms with Gasteiger partial charge in [0.2, 0.25) is 10.0 Å². The van der Waals surface area contributed by atoms with Gasteiger partial charge in [-0.1, -0.05) is 0 Å². The van der Waals surface area contributed by atoms with Crippen molar-refractivity contribution in [3.8, 4) is 0 Å². The number of rotatable bonds is 5. The quantitative estimate of drug-likeness (QED) is 0.722. The van der Waals surface area contributed by atoms with Crippen LogP contribution >= 0.6 is 0 Å². The number of nitrogens with one attached hydrogen (secondary N) is 2. The van der Waals surface area contributed by atoms with Gasteiger partial charge in [-0.05, 0) is 31.0 Å². The molecule has 1 aliphatic rings. The van der Waals surface area contributed by atoms with Crippen LogP contribution in [0.4, 0.5) is 0 Å². The van der Waals surface area contributed by atoms with E-state index in [1.807, 2.05) is 0 Å². The number of carbonyl (C=O) groups is 1. The van der Waals surface area contributed by atoms with Crippen molar-refractivity contribution in [1.82, 2.24) is 14.3 Å². The molecule has 3 N–H and O–H groups in total. The van der Waals surface area contributed by atoms with Crippen LogP contribution in [0.5, 0.6) is 0 Å². The molecule has 0 aliphatic heterocycles. The maximum absolute atomic E-state index is 12.6. The highest BCUT2D eigenvalue weighted by Crippen LogP contribution is 2.32. The molecule has 0 unspecified atom stereocenters. The first-order valence-electron chi connectivity index (χ1n) is 6.33. The number of H-pyrrole nitrogens is 2. The number of aliphatic carboxylic acids is 1. The normalized spacial score (nSPS) is 15.7. The summed E-state index contributed by atoms with van der Waals surface area (Å²) in [5, 5.41) is 8.89. The third kappa shape index (κ3) is 2.57. The van der Waals surface area contributed by atoms with E-state index in [4.69, 9.17) is 5.11 Å². The molecule has 0 saturated heterocycles. The molecule has 1 aliphatic carbocycles. The van der Waals surface area contributed by atoms with Crippen LogP contribution in [0.25, 0.3) is 11.0 Å². The fourth-order valence-corrected chi connectivity index (χ4v) is 3.87. The van der Waals surface area contributed by atoms with E-state index in [2.05, 4.69) is 9.97 Å². The molecule has 1 aromatic heterocycles. The smallest absolute Gasteiger partial charge is 0.323 e. The molecule has 0 spiro atoms. The van der Waals surface area contributed by atoms with Crippen molar-refractivity contribution in [3.05, 3.63) is 28.7 Å². The Kier molecular flexibility index (Phi) is 3.10. The summed E-state index contributed by atoms with van der Waals surface area (Å²) in [6.07, 6.45) is 1.32. The number of hydrogen-bond donors (Lipinski definition) is 3. The van der Waals surface area contributed by atoms with E-state index < -0.39 is 28.2 Å². The van der Waals surface area contributed by atoms with Crippen LogP contribution in [0, 0.1) is 0 Å². The number of carboxylic acids is 1. The zero-order chi connectivity index (χ0) is 15.2. The molecule has 0 bridgehead atoms. The summed E-state index contributed by atoms with van der Waals surface area (Å²) in [6.45, 7) is -0.561. The van der Waals surface area contributed by atoms with Crippen molar-refractivity contribution in [1.29, 1.82) is 0 Å². The number of carboxylic acid groups (broad SMARTS) is 1. The number of hydrogen-bond acceptors (Lipinski definition) is 4. The van der Waals surface area contributed by atoms with Crippen LogP contribution in [0.2, 0.25) is 0 Å².